The molecular weight excluding hydrogens is 244 g/mol. The van der Waals surface area contributed by atoms with Crippen molar-refractivity contribution in [3.05, 3.63) is 78.0 Å². The zero-order valence-electron chi connectivity index (χ0n) is 11.4. The van der Waals surface area contributed by atoms with E-state index in [4.69, 9.17) is 5.73 Å². The van der Waals surface area contributed by atoms with Gasteiger partial charge >= 0.3 is 0 Å². The highest BCUT2D eigenvalue weighted by Gasteiger charge is 2.07. The third kappa shape index (κ3) is 2.70. The summed E-state index contributed by atoms with van der Waals surface area (Å²) in [6.07, 6.45) is 3.75. The van der Waals surface area contributed by atoms with E-state index < -0.39 is 0 Å². The summed E-state index contributed by atoms with van der Waals surface area (Å²) in [4.78, 5) is 4.40. The van der Waals surface area contributed by atoms with Gasteiger partial charge in [-0.25, -0.2) is 0 Å². The predicted molar refractivity (Wildman–Crippen MR) is 83.4 cm³/mol. The number of nitrogens with two attached hydrogens (primary N) is 1. The molecule has 1 unspecified atom stereocenters. The quantitative estimate of drug-likeness (QED) is 0.775. The fraction of sp³-hybridized carbons (Fsp3) is 0.167. The number of hydrogen-bond acceptors (Lipinski definition) is 2. The standard InChI is InChI=1S/C18H18N2/c19-17(15-6-2-1-3-7-15)12-11-14-8-4-10-18-16(14)9-5-13-20-18/h1-10,13,17H,11-12,19H2. The van der Waals surface area contributed by atoms with Gasteiger partial charge in [0, 0.05) is 17.6 Å². The lowest BCUT2D eigenvalue weighted by atomic mass is 9.97. The molecule has 100 valence electrons. The highest BCUT2D eigenvalue weighted by atomic mass is 14.6. The van der Waals surface area contributed by atoms with Crippen molar-refractivity contribution < 1.29 is 0 Å². The van der Waals surface area contributed by atoms with Crippen molar-refractivity contribution in [3.8, 4) is 0 Å². The van der Waals surface area contributed by atoms with Gasteiger partial charge < -0.3 is 5.73 Å². The van der Waals surface area contributed by atoms with Gasteiger partial charge in [-0.15, -0.1) is 0 Å². The molecule has 3 aromatic rings. The number of aryl methyl sites for hydroxylation is 1. The lowest BCUT2D eigenvalue weighted by Gasteiger charge is -2.12. The highest BCUT2D eigenvalue weighted by Crippen LogP contribution is 2.21. The molecule has 0 radical (unpaired) electrons. The first-order valence-corrected chi connectivity index (χ1v) is 6.98. The van der Waals surface area contributed by atoms with Crippen molar-refractivity contribution in [2.24, 2.45) is 5.73 Å². The Morgan fingerprint density at radius 2 is 1.75 bits per heavy atom. The van der Waals surface area contributed by atoms with Crippen molar-refractivity contribution in [1.82, 2.24) is 4.98 Å². The molecular formula is C18H18N2. The van der Waals surface area contributed by atoms with Crippen LogP contribution in [-0.4, -0.2) is 4.98 Å². The average Bonchev–Trinajstić information content (AvgIpc) is 2.53. The maximum atomic E-state index is 6.27. The number of pyridine rings is 1. The molecule has 0 aliphatic carbocycles. The fourth-order valence-electron chi connectivity index (χ4n) is 2.56. The Kier molecular flexibility index (Phi) is 3.75. The third-order valence-electron chi connectivity index (χ3n) is 3.69. The van der Waals surface area contributed by atoms with Crippen LogP contribution in [0.2, 0.25) is 0 Å². The molecule has 2 aromatic carbocycles. The van der Waals surface area contributed by atoms with Crippen LogP contribution < -0.4 is 5.73 Å². The van der Waals surface area contributed by atoms with E-state index in [1.807, 2.05) is 30.5 Å². The maximum absolute atomic E-state index is 6.27. The van der Waals surface area contributed by atoms with Crippen LogP contribution >= 0.6 is 0 Å². The second kappa shape index (κ2) is 5.85. The molecule has 20 heavy (non-hydrogen) atoms. The molecule has 1 aromatic heterocycles. The first-order chi connectivity index (χ1) is 9.84. The van der Waals surface area contributed by atoms with Gasteiger partial charge in [-0.1, -0.05) is 48.5 Å². The van der Waals surface area contributed by atoms with Gasteiger partial charge in [-0.05, 0) is 36.1 Å². The van der Waals surface area contributed by atoms with Gasteiger partial charge in [0.2, 0.25) is 0 Å². The van der Waals surface area contributed by atoms with E-state index in [0.717, 1.165) is 18.4 Å². The summed E-state index contributed by atoms with van der Waals surface area (Å²) in [5.74, 6) is 0. The minimum Gasteiger partial charge on any atom is -0.324 e. The summed E-state index contributed by atoms with van der Waals surface area (Å²) in [6.45, 7) is 0. The molecule has 3 rings (SSSR count). The van der Waals surface area contributed by atoms with Crippen LogP contribution in [0.5, 0.6) is 0 Å². The zero-order valence-corrected chi connectivity index (χ0v) is 11.4. The molecule has 2 nitrogen and oxygen atoms in total. The summed E-state index contributed by atoms with van der Waals surface area (Å²) >= 11 is 0. The van der Waals surface area contributed by atoms with Crippen molar-refractivity contribution in [2.75, 3.05) is 0 Å². The molecule has 0 fully saturated rings. The molecule has 1 heterocycles. The second-order valence-electron chi connectivity index (χ2n) is 5.04. The predicted octanol–water partition coefficient (Wildman–Crippen LogP) is 3.87. The number of benzene rings is 2. The van der Waals surface area contributed by atoms with Gasteiger partial charge in [0.1, 0.15) is 0 Å². The molecule has 0 saturated heterocycles. The van der Waals surface area contributed by atoms with Crippen LogP contribution in [0.3, 0.4) is 0 Å². The topological polar surface area (TPSA) is 38.9 Å². The summed E-state index contributed by atoms with van der Waals surface area (Å²) in [5.41, 5.74) is 9.85. The first kappa shape index (κ1) is 12.8. The Balaban J connectivity index is 1.77. The Labute approximate surface area is 119 Å². The van der Waals surface area contributed by atoms with Crippen LogP contribution in [-0.2, 0) is 6.42 Å². The molecule has 0 aliphatic rings. The first-order valence-electron chi connectivity index (χ1n) is 6.98. The van der Waals surface area contributed by atoms with Crippen LogP contribution in [0.1, 0.15) is 23.6 Å². The lowest BCUT2D eigenvalue weighted by molar-refractivity contribution is 0.653. The smallest absolute Gasteiger partial charge is 0.0704 e. The highest BCUT2D eigenvalue weighted by molar-refractivity contribution is 5.81. The van der Waals surface area contributed by atoms with E-state index in [-0.39, 0.29) is 6.04 Å². The van der Waals surface area contributed by atoms with E-state index in [2.05, 4.69) is 41.4 Å². The molecule has 0 spiro atoms. The zero-order chi connectivity index (χ0) is 13.8. The van der Waals surface area contributed by atoms with Gasteiger partial charge in [0.15, 0.2) is 0 Å². The molecule has 0 amide bonds. The monoisotopic (exact) mass is 262 g/mol. The van der Waals surface area contributed by atoms with E-state index in [0.29, 0.717) is 0 Å². The largest absolute Gasteiger partial charge is 0.324 e. The van der Waals surface area contributed by atoms with Gasteiger partial charge in [-0.2, -0.15) is 0 Å². The van der Waals surface area contributed by atoms with Crippen molar-refractivity contribution >= 4 is 10.9 Å². The fourth-order valence-corrected chi connectivity index (χ4v) is 2.56. The normalized spacial score (nSPS) is 12.4. The van der Waals surface area contributed by atoms with Crippen LogP contribution in [0.25, 0.3) is 10.9 Å². The SMILES string of the molecule is NC(CCc1cccc2ncccc12)c1ccccc1. The maximum Gasteiger partial charge on any atom is 0.0704 e. The summed E-state index contributed by atoms with van der Waals surface area (Å²) in [6, 6.07) is 20.8. The lowest BCUT2D eigenvalue weighted by Crippen LogP contribution is -2.11. The Bertz CT molecular complexity index is 687. The van der Waals surface area contributed by atoms with Crippen LogP contribution in [0.15, 0.2) is 66.9 Å². The summed E-state index contributed by atoms with van der Waals surface area (Å²) in [7, 11) is 0. The second-order valence-corrected chi connectivity index (χ2v) is 5.04. The Hall–Kier alpha value is -2.19. The number of fused-ring (bicyclic) bond motifs is 1. The summed E-state index contributed by atoms with van der Waals surface area (Å²) < 4.78 is 0. The van der Waals surface area contributed by atoms with Gasteiger partial charge in [0.25, 0.3) is 0 Å². The van der Waals surface area contributed by atoms with Crippen molar-refractivity contribution in [1.29, 1.82) is 0 Å². The van der Waals surface area contributed by atoms with Gasteiger partial charge in [-0.3, -0.25) is 4.98 Å². The van der Waals surface area contributed by atoms with E-state index in [1.165, 1.54) is 16.5 Å². The summed E-state index contributed by atoms with van der Waals surface area (Å²) in [5, 5.41) is 1.23. The number of nitrogens with zero attached hydrogens (tertiary/aromatic N) is 1. The van der Waals surface area contributed by atoms with Gasteiger partial charge in [0.05, 0.1) is 5.52 Å². The molecule has 0 bridgehead atoms. The van der Waals surface area contributed by atoms with E-state index in [9.17, 15) is 0 Å². The van der Waals surface area contributed by atoms with Crippen LogP contribution in [0, 0.1) is 0 Å². The van der Waals surface area contributed by atoms with Crippen molar-refractivity contribution in [3.63, 3.8) is 0 Å². The van der Waals surface area contributed by atoms with E-state index in [1.54, 1.807) is 0 Å². The minimum absolute atomic E-state index is 0.0862. The number of rotatable bonds is 4. The van der Waals surface area contributed by atoms with Crippen LogP contribution in [0.4, 0.5) is 0 Å². The van der Waals surface area contributed by atoms with Crippen molar-refractivity contribution in [2.45, 2.75) is 18.9 Å². The average molecular weight is 262 g/mol. The number of hydrogen-bond donors (Lipinski definition) is 1. The molecule has 2 heteroatoms. The molecule has 1 atom stereocenters. The van der Waals surface area contributed by atoms with E-state index >= 15 is 0 Å². The third-order valence-corrected chi connectivity index (χ3v) is 3.69. The molecule has 2 N–H and O–H groups in total. The number of aromatic nitrogens is 1. The minimum atomic E-state index is 0.0862. The molecule has 0 aliphatic heterocycles. The molecule has 0 saturated carbocycles. The Morgan fingerprint density at radius 3 is 2.60 bits per heavy atom. The Morgan fingerprint density at radius 1 is 0.900 bits per heavy atom.